The molecule has 0 aromatic heterocycles. The summed E-state index contributed by atoms with van der Waals surface area (Å²) in [6.07, 6.45) is 1.14. The fourth-order valence-corrected chi connectivity index (χ4v) is 2.12. The van der Waals surface area contributed by atoms with Crippen LogP contribution in [0, 0.1) is 6.92 Å². The van der Waals surface area contributed by atoms with Crippen molar-refractivity contribution in [2.24, 2.45) is 0 Å². The first kappa shape index (κ1) is 11.4. The summed E-state index contributed by atoms with van der Waals surface area (Å²) in [7, 11) is 2.16. The molecule has 3 nitrogen and oxygen atoms in total. The Morgan fingerprint density at radius 3 is 2.94 bits per heavy atom. The number of aryl methyl sites for hydroxylation is 1. The van der Waals surface area contributed by atoms with Crippen LogP contribution < -0.4 is 5.73 Å². The van der Waals surface area contributed by atoms with Crippen molar-refractivity contribution in [3.63, 3.8) is 0 Å². The molecule has 2 rings (SSSR count). The average molecular weight is 220 g/mol. The van der Waals surface area contributed by atoms with Gasteiger partial charge < -0.3 is 10.5 Å². The van der Waals surface area contributed by atoms with Crippen LogP contribution in [0.1, 0.15) is 17.5 Å². The molecule has 1 fully saturated rings. The zero-order valence-corrected chi connectivity index (χ0v) is 10.1. The number of nitrogen functional groups attached to an aromatic ring is 1. The topological polar surface area (TPSA) is 38.5 Å². The number of ether oxygens (including phenoxy) is 1. The van der Waals surface area contributed by atoms with Crippen molar-refractivity contribution >= 4 is 5.69 Å². The third kappa shape index (κ3) is 2.54. The molecule has 1 aromatic rings. The molecule has 1 heterocycles. The number of anilines is 1. The van der Waals surface area contributed by atoms with Crippen LogP contribution in [0.2, 0.25) is 0 Å². The minimum atomic E-state index is 0.567. The molecule has 88 valence electrons. The number of rotatable bonds is 3. The van der Waals surface area contributed by atoms with E-state index < -0.39 is 0 Å². The van der Waals surface area contributed by atoms with E-state index in [1.807, 2.05) is 6.07 Å². The van der Waals surface area contributed by atoms with Gasteiger partial charge in [0.2, 0.25) is 0 Å². The van der Waals surface area contributed by atoms with Crippen LogP contribution in [0.15, 0.2) is 18.2 Å². The van der Waals surface area contributed by atoms with Gasteiger partial charge >= 0.3 is 0 Å². The van der Waals surface area contributed by atoms with Crippen molar-refractivity contribution < 1.29 is 4.74 Å². The molecule has 1 unspecified atom stereocenters. The lowest BCUT2D eigenvalue weighted by Crippen LogP contribution is -2.31. The number of nitrogens with zero attached hydrogens (tertiary/aromatic N) is 1. The van der Waals surface area contributed by atoms with Crippen LogP contribution in [-0.2, 0) is 11.3 Å². The molecule has 1 atom stereocenters. The molecule has 0 spiro atoms. The smallest absolute Gasteiger partial charge is 0.0622 e. The Hall–Kier alpha value is -1.06. The molecule has 3 heteroatoms. The zero-order chi connectivity index (χ0) is 11.5. The van der Waals surface area contributed by atoms with Crippen LogP contribution >= 0.6 is 0 Å². The van der Waals surface area contributed by atoms with Crippen LogP contribution in [-0.4, -0.2) is 31.2 Å². The predicted molar refractivity (Wildman–Crippen MR) is 66.3 cm³/mol. The Kier molecular flexibility index (Phi) is 3.46. The van der Waals surface area contributed by atoms with Gasteiger partial charge in [-0.25, -0.2) is 0 Å². The lowest BCUT2D eigenvalue weighted by Gasteiger charge is -2.23. The van der Waals surface area contributed by atoms with Crippen LogP contribution in [0.5, 0.6) is 0 Å². The summed E-state index contributed by atoms with van der Waals surface area (Å²) in [6.45, 7) is 4.78. The van der Waals surface area contributed by atoms with Gasteiger partial charge in [-0.15, -0.1) is 0 Å². The quantitative estimate of drug-likeness (QED) is 0.789. The van der Waals surface area contributed by atoms with E-state index in [1.165, 1.54) is 5.56 Å². The first-order valence-electron chi connectivity index (χ1n) is 5.80. The summed E-state index contributed by atoms with van der Waals surface area (Å²) < 4.78 is 5.40. The van der Waals surface area contributed by atoms with Gasteiger partial charge in [-0.1, -0.05) is 12.1 Å². The first-order valence-corrected chi connectivity index (χ1v) is 5.80. The van der Waals surface area contributed by atoms with Crippen LogP contribution in [0.4, 0.5) is 5.69 Å². The molecular weight excluding hydrogens is 200 g/mol. The van der Waals surface area contributed by atoms with Gasteiger partial charge in [0, 0.05) is 24.9 Å². The Morgan fingerprint density at radius 2 is 2.31 bits per heavy atom. The standard InChI is InChI=1S/C13H20N2O/c1-10-7-11(3-4-13(10)14)8-15(2)12-5-6-16-9-12/h3-4,7,12H,5-6,8-9,14H2,1-2H3. The maximum atomic E-state index is 5.81. The fraction of sp³-hybridized carbons (Fsp3) is 0.538. The number of hydrogen-bond acceptors (Lipinski definition) is 3. The van der Waals surface area contributed by atoms with Crippen molar-refractivity contribution in [2.45, 2.75) is 25.9 Å². The highest BCUT2D eigenvalue weighted by atomic mass is 16.5. The predicted octanol–water partition coefficient (Wildman–Crippen LogP) is 1.80. The van der Waals surface area contributed by atoms with Gasteiger partial charge in [-0.3, -0.25) is 4.90 Å². The van der Waals surface area contributed by atoms with E-state index >= 15 is 0 Å². The summed E-state index contributed by atoms with van der Waals surface area (Å²) in [5.74, 6) is 0. The molecule has 0 aliphatic carbocycles. The SMILES string of the molecule is Cc1cc(CN(C)C2CCOC2)ccc1N. The number of hydrogen-bond donors (Lipinski definition) is 1. The van der Waals surface area contributed by atoms with Gasteiger partial charge in [-0.2, -0.15) is 0 Å². The van der Waals surface area contributed by atoms with E-state index in [4.69, 9.17) is 10.5 Å². The van der Waals surface area contributed by atoms with Gasteiger partial charge in [0.25, 0.3) is 0 Å². The molecule has 1 aliphatic rings. The molecule has 1 aliphatic heterocycles. The molecule has 16 heavy (non-hydrogen) atoms. The molecule has 0 radical (unpaired) electrons. The van der Waals surface area contributed by atoms with E-state index in [-0.39, 0.29) is 0 Å². The van der Waals surface area contributed by atoms with Crippen molar-refractivity contribution in [1.29, 1.82) is 0 Å². The minimum absolute atomic E-state index is 0.567. The van der Waals surface area contributed by atoms with Gasteiger partial charge in [0.1, 0.15) is 0 Å². The van der Waals surface area contributed by atoms with Crippen molar-refractivity contribution in [3.8, 4) is 0 Å². The monoisotopic (exact) mass is 220 g/mol. The first-order chi connectivity index (χ1) is 7.66. The Balaban J connectivity index is 1.99. The largest absolute Gasteiger partial charge is 0.399 e. The van der Waals surface area contributed by atoms with E-state index in [9.17, 15) is 0 Å². The van der Waals surface area contributed by atoms with Crippen molar-refractivity contribution in [1.82, 2.24) is 4.90 Å². The van der Waals surface area contributed by atoms with E-state index in [1.54, 1.807) is 0 Å². The molecule has 0 amide bonds. The second kappa shape index (κ2) is 4.85. The Morgan fingerprint density at radius 1 is 1.50 bits per heavy atom. The van der Waals surface area contributed by atoms with Crippen LogP contribution in [0.25, 0.3) is 0 Å². The minimum Gasteiger partial charge on any atom is -0.399 e. The van der Waals surface area contributed by atoms with Gasteiger partial charge in [0.05, 0.1) is 6.61 Å². The lowest BCUT2D eigenvalue weighted by molar-refractivity contribution is 0.156. The summed E-state index contributed by atoms with van der Waals surface area (Å²) in [5, 5.41) is 0. The summed E-state index contributed by atoms with van der Waals surface area (Å²) in [6, 6.07) is 6.83. The lowest BCUT2D eigenvalue weighted by atomic mass is 10.1. The Bertz CT molecular complexity index is 359. The van der Waals surface area contributed by atoms with E-state index in [2.05, 4.69) is 31.0 Å². The van der Waals surface area contributed by atoms with Crippen molar-refractivity contribution in [3.05, 3.63) is 29.3 Å². The molecule has 1 saturated heterocycles. The molecule has 0 saturated carbocycles. The van der Waals surface area contributed by atoms with Crippen LogP contribution in [0.3, 0.4) is 0 Å². The summed E-state index contributed by atoms with van der Waals surface area (Å²) in [5.41, 5.74) is 9.16. The highest BCUT2D eigenvalue weighted by molar-refractivity contribution is 5.47. The number of nitrogens with two attached hydrogens (primary N) is 1. The highest BCUT2D eigenvalue weighted by Crippen LogP contribution is 2.17. The van der Waals surface area contributed by atoms with E-state index in [0.717, 1.165) is 37.4 Å². The summed E-state index contributed by atoms with van der Waals surface area (Å²) in [4.78, 5) is 2.36. The highest BCUT2D eigenvalue weighted by Gasteiger charge is 2.20. The average Bonchev–Trinajstić information content (AvgIpc) is 2.77. The normalized spacial score (nSPS) is 20.6. The third-order valence-electron chi connectivity index (χ3n) is 3.30. The van der Waals surface area contributed by atoms with Crippen molar-refractivity contribution in [2.75, 3.05) is 26.0 Å². The summed E-state index contributed by atoms with van der Waals surface area (Å²) >= 11 is 0. The molecule has 1 aromatic carbocycles. The Labute approximate surface area is 97.2 Å². The maximum Gasteiger partial charge on any atom is 0.0622 e. The second-order valence-corrected chi connectivity index (χ2v) is 4.62. The van der Waals surface area contributed by atoms with Gasteiger partial charge in [0.15, 0.2) is 0 Å². The van der Waals surface area contributed by atoms with Gasteiger partial charge in [-0.05, 0) is 37.6 Å². The third-order valence-corrected chi connectivity index (χ3v) is 3.30. The molecule has 2 N–H and O–H groups in total. The second-order valence-electron chi connectivity index (χ2n) is 4.62. The number of likely N-dealkylation sites (N-methyl/N-ethyl adjacent to an activating group) is 1. The fourth-order valence-electron chi connectivity index (χ4n) is 2.12. The molecule has 0 bridgehead atoms. The number of benzene rings is 1. The zero-order valence-electron chi connectivity index (χ0n) is 10.1. The maximum absolute atomic E-state index is 5.81. The molecular formula is C13H20N2O. The van der Waals surface area contributed by atoms with E-state index in [0.29, 0.717) is 6.04 Å².